The van der Waals surface area contributed by atoms with Gasteiger partial charge in [-0.1, -0.05) is 41.5 Å². The van der Waals surface area contributed by atoms with Crippen LogP contribution in [0.3, 0.4) is 0 Å². The van der Waals surface area contributed by atoms with Crippen LogP contribution in [0.4, 0.5) is 4.39 Å². The second-order valence-electron chi connectivity index (χ2n) is 5.11. The van der Waals surface area contributed by atoms with Crippen LogP contribution in [0, 0.1) is 10.8 Å². The lowest BCUT2D eigenvalue weighted by atomic mass is 9.88. The monoisotopic (exact) mass is 158 g/mol. The fourth-order valence-electron chi connectivity index (χ4n) is 0.597. The molecule has 0 aromatic heterocycles. The van der Waals surface area contributed by atoms with Crippen molar-refractivity contribution in [3.8, 4) is 0 Å². The fourth-order valence-corrected chi connectivity index (χ4v) is 0.597. The van der Waals surface area contributed by atoms with Crippen LogP contribution in [-0.2, 0) is 0 Å². The molecule has 0 unspecified atom stereocenters. The lowest BCUT2D eigenvalue weighted by Gasteiger charge is -2.20. The Kier molecular flexibility index (Phi) is 2.87. The SMILES string of the molecule is CC(C)(C)/C=C(\F)C(C)(C)C. The normalized spacial score (nSPS) is 15.4. The Morgan fingerprint density at radius 3 is 1.45 bits per heavy atom. The van der Waals surface area contributed by atoms with Crippen LogP contribution >= 0.6 is 0 Å². The summed E-state index contributed by atoms with van der Waals surface area (Å²) in [5.41, 5.74) is -0.398. The van der Waals surface area contributed by atoms with Gasteiger partial charge < -0.3 is 0 Å². The molecule has 0 heterocycles. The Balaban J connectivity index is 4.49. The van der Waals surface area contributed by atoms with Crippen molar-refractivity contribution < 1.29 is 4.39 Å². The molecule has 0 amide bonds. The van der Waals surface area contributed by atoms with E-state index < -0.39 is 0 Å². The third-order valence-corrected chi connectivity index (χ3v) is 1.28. The molecule has 0 aliphatic rings. The largest absolute Gasteiger partial charge is 0.212 e. The van der Waals surface area contributed by atoms with Gasteiger partial charge in [0, 0.05) is 5.41 Å². The average Bonchev–Trinajstić information content (AvgIpc) is 1.56. The Morgan fingerprint density at radius 2 is 1.36 bits per heavy atom. The van der Waals surface area contributed by atoms with Crippen LogP contribution in [0.25, 0.3) is 0 Å². The molecule has 0 saturated heterocycles. The summed E-state index contributed by atoms with van der Waals surface area (Å²) in [4.78, 5) is 0. The standard InChI is InChI=1S/C10H19F/c1-9(2,3)7-8(11)10(4,5)6/h7H,1-6H3/b8-7-. The predicted octanol–water partition coefficient (Wildman–Crippen LogP) is 3.93. The first kappa shape index (κ1) is 10.7. The van der Waals surface area contributed by atoms with Gasteiger partial charge in [0.15, 0.2) is 0 Å². The summed E-state index contributed by atoms with van der Waals surface area (Å²) in [6, 6.07) is 0. The number of rotatable bonds is 0. The summed E-state index contributed by atoms with van der Waals surface area (Å²) in [7, 11) is 0. The molecule has 0 nitrogen and oxygen atoms in total. The second-order valence-corrected chi connectivity index (χ2v) is 5.11. The van der Waals surface area contributed by atoms with E-state index in [2.05, 4.69) is 0 Å². The Bertz CT molecular complexity index is 153. The number of allylic oxidation sites excluding steroid dienone is 2. The molecule has 1 heteroatoms. The molecule has 0 bridgehead atoms. The van der Waals surface area contributed by atoms with Crippen LogP contribution in [0.1, 0.15) is 41.5 Å². The average molecular weight is 158 g/mol. The summed E-state index contributed by atoms with van der Waals surface area (Å²) < 4.78 is 13.3. The van der Waals surface area contributed by atoms with Gasteiger partial charge in [0.25, 0.3) is 0 Å². The summed E-state index contributed by atoms with van der Waals surface area (Å²) >= 11 is 0. The Morgan fingerprint density at radius 1 is 1.00 bits per heavy atom. The first-order valence-corrected chi connectivity index (χ1v) is 4.02. The molecular weight excluding hydrogens is 139 g/mol. The molecule has 0 fully saturated rings. The van der Waals surface area contributed by atoms with E-state index in [-0.39, 0.29) is 16.7 Å². The zero-order chi connectivity index (χ0) is 9.28. The first-order valence-electron chi connectivity index (χ1n) is 4.02. The molecule has 0 radical (unpaired) electrons. The van der Waals surface area contributed by atoms with Crippen LogP contribution in [0.2, 0.25) is 0 Å². The van der Waals surface area contributed by atoms with Crippen molar-refractivity contribution in [2.75, 3.05) is 0 Å². The molecule has 0 atom stereocenters. The number of hydrogen-bond donors (Lipinski definition) is 0. The zero-order valence-corrected chi connectivity index (χ0v) is 8.46. The molecule has 0 rings (SSSR count). The van der Waals surface area contributed by atoms with Crippen LogP contribution in [-0.4, -0.2) is 0 Å². The van der Waals surface area contributed by atoms with Crippen LogP contribution in [0.15, 0.2) is 11.9 Å². The maximum atomic E-state index is 13.3. The van der Waals surface area contributed by atoms with Gasteiger partial charge in [0.1, 0.15) is 5.83 Å². The highest BCUT2D eigenvalue weighted by Gasteiger charge is 2.19. The van der Waals surface area contributed by atoms with Crippen molar-refractivity contribution in [2.45, 2.75) is 41.5 Å². The lowest BCUT2D eigenvalue weighted by Crippen LogP contribution is -2.10. The predicted molar refractivity (Wildman–Crippen MR) is 48.1 cm³/mol. The molecule has 0 aliphatic carbocycles. The molecule has 0 saturated carbocycles. The van der Waals surface area contributed by atoms with Crippen molar-refractivity contribution in [1.82, 2.24) is 0 Å². The van der Waals surface area contributed by atoms with Gasteiger partial charge in [-0.05, 0) is 11.5 Å². The van der Waals surface area contributed by atoms with Crippen molar-refractivity contribution in [3.05, 3.63) is 11.9 Å². The van der Waals surface area contributed by atoms with E-state index in [1.54, 1.807) is 6.08 Å². The van der Waals surface area contributed by atoms with Crippen molar-refractivity contribution in [3.63, 3.8) is 0 Å². The van der Waals surface area contributed by atoms with Crippen molar-refractivity contribution in [2.24, 2.45) is 10.8 Å². The fraction of sp³-hybridized carbons (Fsp3) is 0.800. The Labute approximate surface area is 69.5 Å². The van der Waals surface area contributed by atoms with Gasteiger partial charge in [-0.25, -0.2) is 4.39 Å². The van der Waals surface area contributed by atoms with E-state index in [1.807, 2.05) is 41.5 Å². The van der Waals surface area contributed by atoms with Gasteiger partial charge in [0.05, 0.1) is 0 Å². The first-order chi connectivity index (χ1) is 4.63. The molecule has 0 N–H and O–H groups in total. The number of hydrogen-bond acceptors (Lipinski definition) is 0. The molecule has 11 heavy (non-hydrogen) atoms. The molecule has 0 spiro atoms. The highest BCUT2D eigenvalue weighted by molar-refractivity contribution is 5.06. The highest BCUT2D eigenvalue weighted by Crippen LogP contribution is 2.30. The summed E-state index contributed by atoms with van der Waals surface area (Å²) in [6.07, 6.45) is 1.69. The van der Waals surface area contributed by atoms with E-state index in [9.17, 15) is 4.39 Å². The third kappa shape index (κ3) is 5.00. The van der Waals surface area contributed by atoms with E-state index >= 15 is 0 Å². The minimum Gasteiger partial charge on any atom is -0.212 e. The van der Waals surface area contributed by atoms with Crippen LogP contribution < -0.4 is 0 Å². The topological polar surface area (TPSA) is 0 Å². The van der Waals surface area contributed by atoms with Crippen LogP contribution in [0.5, 0.6) is 0 Å². The van der Waals surface area contributed by atoms with E-state index in [4.69, 9.17) is 0 Å². The second kappa shape index (κ2) is 2.96. The minimum absolute atomic E-state index is 0.0231. The maximum absolute atomic E-state index is 13.3. The lowest BCUT2D eigenvalue weighted by molar-refractivity contribution is 0.365. The Hall–Kier alpha value is -0.330. The zero-order valence-electron chi connectivity index (χ0n) is 8.46. The van der Waals surface area contributed by atoms with Gasteiger partial charge in [0.2, 0.25) is 0 Å². The minimum atomic E-state index is -0.340. The number of halogens is 1. The van der Waals surface area contributed by atoms with E-state index in [0.29, 0.717) is 0 Å². The van der Waals surface area contributed by atoms with Gasteiger partial charge in [-0.15, -0.1) is 0 Å². The van der Waals surface area contributed by atoms with Crippen molar-refractivity contribution in [1.29, 1.82) is 0 Å². The van der Waals surface area contributed by atoms with Gasteiger partial charge in [-0.2, -0.15) is 0 Å². The molecule has 0 aromatic carbocycles. The van der Waals surface area contributed by atoms with Gasteiger partial charge in [-0.3, -0.25) is 0 Å². The maximum Gasteiger partial charge on any atom is 0.102 e. The third-order valence-electron chi connectivity index (χ3n) is 1.28. The molecule has 0 aliphatic heterocycles. The van der Waals surface area contributed by atoms with Crippen molar-refractivity contribution >= 4 is 0 Å². The molecule has 0 aromatic rings. The van der Waals surface area contributed by atoms with Gasteiger partial charge >= 0.3 is 0 Å². The quantitative estimate of drug-likeness (QED) is 0.501. The van der Waals surface area contributed by atoms with E-state index in [1.165, 1.54) is 0 Å². The highest BCUT2D eigenvalue weighted by atomic mass is 19.1. The summed E-state index contributed by atoms with van der Waals surface area (Å²) in [6.45, 7) is 11.6. The van der Waals surface area contributed by atoms with E-state index in [0.717, 1.165) is 0 Å². The summed E-state index contributed by atoms with van der Waals surface area (Å²) in [5, 5.41) is 0. The molecule has 66 valence electrons. The smallest absolute Gasteiger partial charge is 0.102 e. The summed E-state index contributed by atoms with van der Waals surface area (Å²) in [5.74, 6) is -0.0231. The molecular formula is C10H19F.